The second kappa shape index (κ2) is 11.8. The third-order valence-electron chi connectivity index (χ3n) is 3.95. The molecule has 0 aromatic rings. The summed E-state index contributed by atoms with van der Waals surface area (Å²) in [4.78, 5) is 26.1. The smallest absolute Gasteiger partial charge is 0.302 e. The van der Waals surface area contributed by atoms with Gasteiger partial charge >= 0.3 is 15.6 Å². The molecule has 0 saturated heterocycles. The fourth-order valence-electron chi connectivity index (χ4n) is 2.51. The molecule has 0 spiro atoms. The summed E-state index contributed by atoms with van der Waals surface area (Å²) in [5.74, 6) is 1.78. The van der Waals surface area contributed by atoms with Crippen LogP contribution in [0.15, 0.2) is 0 Å². The van der Waals surface area contributed by atoms with Gasteiger partial charge in [0, 0.05) is 0 Å². The van der Waals surface area contributed by atoms with Crippen LogP contribution in [0.4, 0.5) is 0 Å². The third-order valence-corrected chi connectivity index (χ3v) is 6.13. The van der Waals surface area contributed by atoms with Gasteiger partial charge in [0.15, 0.2) is 0 Å². The van der Waals surface area contributed by atoms with Crippen molar-refractivity contribution in [1.29, 1.82) is 0 Å². The lowest BCUT2D eigenvalue weighted by molar-refractivity contribution is 0.169. The van der Waals surface area contributed by atoms with Crippen LogP contribution in [-0.4, -0.2) is 21.3 Å². The highest BCUT2D eigenvalue weighted by Crippen LogP contribution is 2.57. The Kier molecular flexibility index (Phi) is 11.9. The monoisotopic (exact) mass is 388 g/mol. The maximum Gasteiger partial charge on any atom is 0.481 e. The van der Waals surface area contributed by atoms with Crippen molar-refractivity contribution in [3.8, 4) is 0 Å². The second-order valence-corrected chi connectivity index (χ2v) is 9.96. The molecule has 0 aromatic heterocycles. The van der Waals surface area contributed by atoms with E-state index in [1.807, 2.05) is 6.92 Å². The van der Waals surface area contributed by atoms with Gasteiger partial charge < -0.3 is 14.7 Å². The van der Waals surface area contributed by atoms with E-state index in [0.29, 0.717) is 18.3 Å². The quantitative estimate of drug-likeness (QED) is 0.364. The lowest BCUT2D eigenvalue weighted by Crippen LogP contribution is -2.03. The minimum atomic E-state index is -5.03. The van der Waals surface area contributed by atoms with Gasteiger partial charge in [0.05, 0.1) is 6.61 Å². The lowest BCUT2D eigenvalue weighted by atomic mass is 9.93. The van der Waals surface area contributed by atoms with E-state index >= 15 is 0 Å². The van der Waals surface area contributed by atoms with Crippen LogP contribution in [0, 0.1) is 17.8 Å². The van der Waals surface area contributed by atoms with E-state index in [1.165, 1.54) is 25.7 Å². The first kappa shape index (κ1) is 24.3. The van der Waals surface area contributed by atoms with E-state index in [2.05, 4.69) is 29.6 Å². The molecule has 0 rings (SSSR count). The lowest BCUT2D eigenvalue weighted by Gasteiger charge is -2.16. The summed E-state index contributed by atoms with van der Waals surface area (Å²) in [7, 11) is -9.73. The summed E-state index contributed by atoms with van der Waals surface area (Å²) in [6.45, 7) is 8.71. The number of hydrogen-bond donors (Lipinski definition) is 3. The van der Waals surface area contributed by atoms with Gasteiger partial charge in [-0.15, -0.1) is 0 Å². The van der Waals surface area contributed by atoms with Gasteiger partial charge in [-0.1, -0.05) is 66.2 Å². The van der Waals surface area contributed by atoms with Gasteiger partial charge in [-0.3, -0.25) is 4.52 Å². The van der Waals surface area contributed by atoms with Crippen LogP contribution in [0.1, 0.15) is 72.6 Å². The van der Waals surface area contributed by atoms with Crippen LogP contribution in [0.5, 0.6) is 0 Å². The van der Waals surface area contributed by atoms with E-state index in [4.69, 9.17) is 14.7 Å². The van der Waals surface area contributed by atoms with E-state index in [0.717, 1.165) is 18.8 Å². The molecule has 0 bridgehead atoms. The fourth-order valence-corrected chi connectivity index (χ4v) is 4.11. The zero-order valence-electron chi connectivity index (χ0n) is 15.3. The number of hydrogen-bond acceptors (Lipinski definition) is 4. The molecule has 3 atom stereocenters. The zero-order chi connectivity index (χ0) is 18.8. The van der Waals surface area contributed by atoms with Crippen molar-refractivity contribution in [3.63, 3.8) is 0 Å². The molecule has 0 radical (unpaired) electrons. The molecular weight excluding hydrogens is 354 g/mol. The molecule has 24 heavy (non-hydrogen) atoms. The SMILES string of the molecule is CC(C)CCCC(C)CCC[C@H](C)CCOP(=O)(O)OP(=O)(O)O. The van der Waals surface area contributed by atoms with Crippen molar-refractivity contribution < 1.29 is 32.6 Å². The highest BCUT2D eigenvalue weighted by Gasteiger charge is 2.32. The molecule has 3 N–H and O–H groups in total. The average Bonchev–Trinajstić information content (AvgIpc) is 2.34. The van der Waals surface area contributed by atoms with Gasteiger partial charge in [-0.25, -0.2) is 9.13 Å². The van der Waals surface area contributed by atoms with Crippen LogP contribution in [0.3, 0.4) is 0 Å². The molecule has 7 nitrogen and oxygen atoms in total. The molecule has 0 saturated carbocycles. The molecule has 9 heteroatoms. The average molecular weight is 388 g/mol. The topological polar surface area (TPSA) is 113 Å². The van der Waals surface area contributed by atoms with E-state index in [-0.39, 0.29) is 6.61 Å². The maximum absolute atomic E-state index is 11.3. The van der Waals surface area contributed by atoms with Crippen LogP contribution in [-0.2, 0) is 18.0 Å². The van der Waals surface area contributed by atoms with Crippen molar-refractivity contribution in [3.05, 3.63) is 0 Å². The standard InChI is InChI=1S/C15H34O7P2/c1-13(2)7-5-8-14(3)9-6-10-15(4)11-12-21-24(19,20)22-23(16,17)18/h13-15H,5-12H2,1-4H3,(H,19,20)(H2,16,17,18)/t14?,15-/m0/s1. The Morgan fingerprint density at radius 1 is 0.792 bits per heavy atom. The van der Waals surface area contributed by atoms with E-state index in [1.54, 1.807) is 0 Å². The number of phosphoric acid groups is 2. The zero-order valence-corrected chi connectivity index (χ0v) is 17.0. The van der Waals surface area contributed by atoms with Gasteiger partial charge in [0.25, 0.3) is 0 Å². The van der Waals surface area contributed by atoms with Gasteiger partial charge in [-0.2, -0.15) is 4.31 Å². The summed E-state index contributed by atoms with van der Waals surface area (Å²) in [6.07, 6.45) is 7.60. The van der Waals surface area contributed by atoms with Crippen LogP contribution in [0.2, 0.25) is 0 Å². The first-order valence-electron chi connectivity index (χ1n) is 8.65. The highest BCUT2D eigenvalue weighted by molar-refractivity contribution is 7.60. The number of phosphoric ester groups is 1. The van der Waals surface area contributed by atoms with Crippen molar-refractivity contribution >= 4 is 15.6 Å². The van der Waals surface area contributed by atoms with E-state index in [9.17, 15) is 9.13 Å². The van der Waals surface area contributed by atoms with Crippen molar-refractivity contribution in [2.24, 2.45) is 17.8 Å². The Balaban J connectivity index is 3.78. The Morgan fingerprint density at radius 2 is 1.25 bits per heavy atom. The summed E-state index contributed by atoms with van der Waals surface area (Å²) in [5, 5.41) is 0. The van der Waals surface area contributed by atoms with Gasteiger partial charge in [-0.05, 0) is 24.2 Å². The Bertz CT molecular complexity index is 422. The summed E-state index contributed by atoms with van der Waals surface area (Å²) < 4.78 is 30.1. The molecule has 146 valence electrons. The summed E-state index contributed by atoms with van der Waals surface area (Å²) >= 11 is 0. The fraction of sp³-hybridized carbons (Fsp3) is 1.00. The minimum Gasteiger partial charge on any atom is -0.302 e. The molecule has 0 aliphatic heterocycles. The Morgan fingerprint density at radius 3 is 1.71 bits per heavy atom. The second-order valence-electron chi connectivity index (χ2n) is 7.13. The maximum atomic E-state index is 11.3. The Hall–Kier alpha value is 0.260. The largest absolute Gasteiger partial charge is 0.481 e. The van der Waals surface area contributed by atoms with Crippen LogP contribution in [0.25, 0.3) is 0 Å². The Labute approximate surface area is 146 Å². The number of rotatable bonds is 14. The third kappa shape index (κ3) is 15.8. The van der Waals surface area contributed by atoms with Crippen LogP contribution >= 0.6 is 15.6 Å². The molecule has 0 heterocycles. The van der Waals surface area contributed by atoms with Gasteiger partial charge in [0.1, 0.15) is 0 Å². The van der Waals surface area contributed by atoms with Crippen LogP contribution < -0.4 is 0 Å². The molecule has 0 aromatic carbocycles. The van der Waals surface area contributed by atoms with Crippen molar-refractivity contribution in [1.82, 2.24) is 0 Å². The molecule has 0 aliphatic carbocycles. The van der Waals surface area contributed by atoms with Crippen molar-refractivity contribution in [2.45, 2.75) is 72.6 Å². The summed E-state index contributed by atoms with van der Waals surface area (Å²) in [5.41, 5.74) is 0. The first-order valence-corrected chi connectivity index (χ1v) is 11.7. The van der Waals surface area contributed by atoms with E-state index < -0.39 is 15.6 Å². The molecular formula is C15H34O7P2. The molecule has 0 fully saturated rings. The molecule has 2 unspecified atom stereocenters. The van der Waals surface area contributed by atoms with Crippen molar-refractivity contribution in [2.75, 3.05) is 6.61 Å². The summed E-state index contributed by atoms with van der Waals surface area (Å²) in [6, 6.07) is 0. The minimum absolute atomic E-state index is 0.0705. The highest BCUT2D eigenvalue weighted by atomic mass is 31.3. The predicted molar refractivity (Wildman–Crippen MR) is 94.4 cm³/mol. The normalized spacial score (nSPS) is 17.7. The first-order chi connectivity index (χ1) is 10.9. The molecule has 0 aliphatic rings. The van der Waals surface area contributed by atoms with Gasteiger partial charge in [0.2, 0.25) is 0 Å². The predicted octanol–water partition coefficient (Wildman–Crippen LogP) is 4.87. The molecule has 0 amide bonds.